The number of hydrogen-bond donors (Lipinski definition) is 2. The van der Waals surface area contributed by atoms with Gasteiger partial charge >= 0.3 is 12.1 Å². The van der Waals surface area contributed by atoms with Crippen LogP contribution in [0.5, 0.6) is 0 Å². The van der Waals surface area contributed by atoms with Crippen molar-refractivity contribution >= 4 is 37.9 Å². The van der Waals surface area contributed by atoms with Crippen LogP contribution in [-0.4, -0.2) is 56.4 Å². The van der Waals surface area contributed by atoms with E-state index < -0.39 is 51.0 Å². The van der Waals surface area contributed by atoms with Crippen LogP contribution < -0.4 is 11.5 Å². The third-order valence-corrected chi connectivity index (χ3v) is 7.86. The van der Waals surface area contributed by atoms with Crippen molar-refractivity contribution in [1.82, 2.24) is 8.61 Å². The average molecular weight is 483 g/mol. The summed E-state index contributed by atoms with van der Waals surface area (Å²) >= 11 is 0. The van der Waals surface area contributed by atoms with Crippen molar-refractivity contribution in [3.05, 3.63) is 59.7 Å². The monoisotopic (exact) mass is 482 g/mol. The van der Waals surface area contributed by atoms with E-state index in [1.165, 1.54) is 48.5 Å². The first-order valence-electron chi connectivity index (χ1n) is 9.06. The predicted molar refractivity (Wildman–Crippen MR) is 114 cm³/mol. The van der Waals surface area contributed by atoms with Gasteiger partial charge in [-0.3, -0.25) is 4.79 Å². The number of ketones is 1. The van der Waals surface area contributed by atoms with E-state index in [1.54, 1.807) is 13.8 Å². The molecule has 11 nitrogen and oxygen atoms in total. The lowest BCUT2D eigenvalue weighted by Crippen LogP contribution is -2.48. The molecule has 0 heterocycles. The summed E-state index contributed by atoms with van der Waals surface area (Å²) in [5.74, 6) is -1.10. The van der Waals surface area contributed by atoms with Crippen molar-refractivity contribution in [1.29, 1.82) is 0 Å². The Labute approximate surface area is 185 Å². The summed E-state index contributed by atoms with van der Waals surface area (Å²) in [6, 6.07) is 7.93. The fourth-order valence-electron chi connectivity index (χ4n) is 2.61. The van der Waals surface area contributed by atoms with E-state index in [0.717, 1.165) is 11.1 Å². The van der Waals surface area contributed by atoms with Gasteiger partial charge in [0.1, 0.15) is 0 Å². The second kappa shape index (κ2) is 9.36. The molecule has 0 atom stereocenters. The van der Waals surface area contributed by atoms with Crippen LogP contribution in [0.1, 0.15) is 11.1 Å². The van der Waals surface area contributed by atoms with Crippen LogP contribution >= 0.6 is 0 Å². The summed E-state index contributed by atoms with van der Waals surface area (Å²) < 4.78 is 51.1. The summed E-state index contributed by atoms with van der Waals surface area (Å²) in [5.41, 5.74) is 11.8. The molecule has 0 bridgehead atoms. The minimum Gasteiger partial charge on any atom is -0.351 e. The molecule has 0 aromatic heterocycles. The van der Waals surface area contributed by atoms with Crippen LogP contribution in [0.15, 0.2) is 58.3 Å². The highest BCUT2D eigenvalue weighted by Gasteiger charge is 2.34. The Hall–Kier alpha value is -3.45. The van der Waals surface area contributed by atoms with Gasteiger partial charge in [0.15, 0.2) is 5.78 Å². The lowest BCUT2D eigenvalue weighted by Gasteiger charge is -2.23. The number of nitrogens with two attached hydrogens (primary N) is 2. The zero-order valence-corrected chi connectivity index (χ0v) is 18.9. The van der Waals surface area contributed by atoms with E-state index in [4.69, 9.17) is 11.5 Å². The summed E-state index contributed by atoms with van der Waals surface area (Å²) in [5, 5.41) is 0. The lowest BCUT2D eigenvalue weighted by atomic mass is 10.2. The predicted octanol–water partition coefficient (Wildman–Crippen LogP) is 0.712. The number of carbonyl (C=O) groups is 3. The quantitative estimate of drug-likeness (QED) is 0.556. The molecule has 0 saturated carbocycles. The van der Waals surface area contributed by atoms with Crippen molar-refractivity contribution < 1.29 is 31.2 Å². The first-order valence-corrected chi connectivity index (χ1v) is 11.9. The molecule has 4 amide bonds. The normalized spacial score (nSPS) is 11.6. The van der Waals surface area contributed by atoms with Gasteiger partial charge in [0.2, 0.25) is 0 Å². The maximum absolute atomic E-state index is 12.7. The fourth-order valence-corrected chi connectivity index (χ4v) is 5.18. The van der Waals surface area contributed by atoms with Gasteiger partial charge < -0.3 is 11.5 Å². The number of primary amides is 2. The molecule has 0 radical (unpaired) electrons. The Balaban J connectivity index is 2.31. The standard InChI is InChI=1S/C19H22N4O7S2/c1-13-3-7-16(8-4-13)31(27,28)22(18(20)25)11-15(24)12-23(19(21)26)32(29,30)17-9-5-14(2)6-10-17/h3-10H,11-12H2,1-2H3,(H2,20,25)(H2,21,26). The van der Waals surface area contributed by atoms with Crippen LogP contribution in [0.2, 0.25) is 0 Å². The second-order valence-electron chi connectivity index (χ2n) is 6.86. The maximum Gasteiger partial charge on any atom is 0.329 e. The SMILES string of the molecule is Cc1ccc(S(=O)(=O)N(CC(=O)CN(C(N)=O)S(=O)(=O)c2ccc(C)cc2)C(N)=O)cc1. The number of benzene rings is 2. The average Bonchev–Trinajstić information content (AvgIpc) is 2.70. The minimum absolute atomic E-state index is 0.0949. The first-order chi connectivity index (χ1) is 14.8. The molecule has 0 fully saturated rings. The molecule has 172 valence electrons. The van der Waals surface area contributed by atoms with Gasteiger partial charge in [0.25, 0.3) is 20.0 Å². The van der Waals surface area contributed by atoms with Gasteiger partial charge in [-0.05, 0) is 38.1 Å². The number of nitrogens with zero attached hydrogens (tertiary/aromatic N) is 2. The van der Waals surface area contributed by atoms with E-state index >= 15 is 0 Å². The third-order valence-electron chi connectivity index (χ3n) is 4.35. The molecule has 0 saturated heterocycles. The summed E-state index contributed by atoms with van der Waals surface area (Å²) in [4.78, 5) is 35.5. The number of amides is 4. The summed E-state index contributed by atoms with van der Waals surface area (Å²) in [6.07, 6.45) is 0. The zero-order chi connectivity index (χ0) is 24.3. The van der Waals surface area contributed by atoms with Gasteiger partial charge in [0.05, 0.1) is 22.9 Å². The molecule has 0 unspecified atom stereocenters. The smallest absolute Gasteiger partial charge is 0.329 e. The Bertz CT molecular complexity index is 1140. The van der Waals surface area contributed by atoms with E-state index in [9.17, 15) is 31.2 Å². The molecule has 32 heavy (non-hydrogen) atoms. The third kappa shape index (κ3) is 5.42. The lowest BCUT2D eigenvalue weighted by molar-refractivity contribution is -0.118. The van der Waals surface area contributed by atoms with Crippen LogP contribution in [0.25, 0.3) is 0 Å². The molecule has 2 aromatic carbocycles. The highest BCUT2D eigenvalue weighted by Crippen LogP contribution is 2.18. The van der Waals surface area contributed by atoms with Gasteiger partial charge in [-0.25, -0.2) is 35.0 Å². The zero-order valence-electron chi connectivity index (χ0n) is 17.3. The number of aryl methyl sites for hydroxylation is 2. The Morgan fingerprint density at radius 3 is 1.19 bits per heavy atom. The number of carbonyl (C=O) groups excluding carboxylic acids is 3. The van der Waals surface area contributed by atoms with Crippen molar-refractivity contribution in [2.24, 2.45) is 11.5 Å². The summed E-state index contributed by atoms with van der Waals surface area (Å²) in [6.45, 7) is 1.24. The van der Waals surface area contributed by atoms with E-state index in [2.05, 4.69) is 0 Å². The van der Waals surface area contributed by atoms with Crippen LogP contribution in [-0.2, 0) is 24.8 Å². The molecular weight excluding hydrogens is 460 g/mol. The second-order valence-corrected chi connectivity index (χ2v) is 10.6. The van der Waals surface area contributed by atoms with Gasteiger partial charge in [0, 0.05) is 0 Å². The number of rotatable bonds is 8. The number of Topliss-reactive ketones (excluding diaryl/α,β-unsaturated/α-hetero) is 1. The Morgan fingerprint density at radius 1 is 0.656 bits per heavy atom. The number of urea groups is 2. The van der Waals surface area contributed by atoms with Gasteiger partial charge in [-0.15, -0.1) is 0 Å². The maximum atomic E-state index is 12.7. The van der Waals surface area contributed by atoms with E-state index in [-0.39, 0.29) is 18.4 Å². The first kappa shape index (κ1) is 24.8. The number of hydrogen-bond acceptors (Lipinski definition) is 7. The molecule has 2 rings (SSSR count). The van der Waals surface area contributed by atoms with E-state index in [1.807, 2.05) is 0 Å². The minimum atomic E-state index is -4.51. The van der Waals surface area contributed by atoms with Crippen LogP contribution in [0.4, 0.5) is 9.59 Å². The van der Waals surface area contributed by atoms with Gasteiger partial charge in [-0.1, -0.05) is 35.4 Å². The topological polar surface area (TPSA) is 178 Å². The fraction of sp³-hybridized carbons (Fsp3) is 0.211. The molecule has 0 aliphatic heterocycles. The molecule has 0 aliphatic rings. The highest BCUT2D eigenvalue weighted by molar-refractivity contribution is 7.90. The molecule has 4 N–H and O–H groups in total. The molecule has 2 aromatic rings. The number of sulfonamides is 2. The highest BCUT2D eigenvalue weighted by atomic mass is 32.2. The molecule has 13 heteroatoms. The van der Waals surface area contributed by atoms with Crippen molar-refractivity contribution in [3.63, 3.8) is 0 Å². The van der Waals surface area contributed by atoms with Crippen molar-refractivity contribution in [3.8, 4) is 0 Å². The van der Waals surface area contributed by atoms with Gasteiger partial charge in [-0.2, -0.15) is 0 Å². The summed E-state index contributed by atoms with van der Waals surface area (Å²) in [7, 11) is -9.01. The largest absolute Gasteiger partial charge is 0.351 e. The van der Waals surface area contributed by atoms with Crippen molar-refractivity contribution in [2.75, 3.05) is 13.1 Å². The Kier molecular flexibility index (Phi) is 7.26. The van der Waals surface area contributed by atoms with E-state index in [0.29, 0.717) is 0 Å². The van der Waals surface area contributed by atoms with Crippen LogP contribution in [0.3, 0.4) is 0 Å². The Morgan fingerprint density at radius 2 is 0.938 bits per heavy atom. The van der Waals surface area contributed by atoms with Crippen molar-refractivity contribution in [2.45, 2.75) is 23.6 Å². The molecule has 0 spiro atoms. The molecule has 0 aliphatic carbocycles. The van der Waals surface area contributed by atoms with Crippen LogP contribution in [0, 0.1) is 13.8 Å². The molecular formula is C19H22N4O7S2.